The summed E-state index contributed by atoms with van der Waals surface area (Å²) in [5.74, 6) is 1.49. The lowest BCUT2D eigenvalue weighted by Crippen LogP contribution is -2.38. The summed E-state index contributed by atoms with van der Waals surface area (Å²) < 4.78 is 5.89. The fraction of sp³-hybridized carbons (Fsp3) is 0.632. The second kappa shape index (κ2) is 7.01. The molecule has 1 aromatic carbocycles. The quantitative estimate of drug-likeness (QED) is 0.902. The van der Waals surface area contributed by atoms with Crippen LogP contribution in [0.5, 0.6) is 5.75 Å². The largest absolute Gasteiger partial charge is 0.491 e. The normalized spacial score (nSPS) is 24.3. The molecule has 0 aromatic heterocycles. The number of rotatable bonds is 5. The van der Waals surface area contributed by atoms with E-state index in [9.17, 15) is 4.79 Å². The van der Waals surface area contributed by atoms with E-state index in [0.717, 1.165) is 37.6 Å². The van der Waals surface area contributed by atoms with Gasteiger partial charge in [0.2, 0.25) is 0 Å². The van der Waals surface area contributed by atoms with Gasteiger partial charge in [0.05, 0.1) is 12.3 Å². The average molecular weight is 329 g/mol. The molecule has 3 fully saturated rings. The molecule has 2 saturated heterocycles. The SMILES string of the molecule is O=C(Nc1ccccc1OCC1CC1)N1CC[C@H](N2CCCC2)C1. The number of nitrogens with one attached hydrogen (secondary N) is 1. The van der Waals surface area contributed by atoms with Crippen molar-refractivity contribution < 1.29 is 9.53 Å². The van der Waals surface area contributed by atoms with Gasteiger partial charge in [-0.2, -0.15) is 0 Å². The van der Waals surface area contributed by atoms with E-state index in [-0.39, 0.29) is 6.03 Å². The third-order valence-corrected chi connectivity index (χ3v) is 5.41. The van der Waals surface area contributed by atoms with Crippen LogP contribution in [0.25, 0.3) is 0 Å². The van der Waals surface area contributed by atoms with Crippen LogP contribution in [0.3, 0.4) is 0 Å². The van der Waals surface area contributed by atoms with Crippen LogP contribution >= 0.6 is 0 Å². The van der Waals surface area contributed by atoms with Crippen LogP contribution in [0, 0.1) is 5.92 Å². The third-order valence-electron chi connectivity index (χ3n) is 5.41. The summed E-state index contributed by atoms with van der Waals surface area (Å²) in [4.78, 5) is 17.1. The van der Waals surface area contributed by atoms with Crippen molar-refractivity contribution in [2.75, 3.05) is 38.1 Å². The molecule has 5 heteroatoms. The van der Waals surface area contributed by atoms with Gasteiger partial charge in [0.25, 0.3) is 0 Å². The molecule has 3 aliphatic rings. The Labute approximate surface area is 144 Å². The fourth-order valence-corrected chi connectivity index (χ4v) is 3.71. The number of para-hydroxylation sites is 2. The topological polar surface area (TPSA) is 44.8 Å². The van der Waals surface area contributed by atoms with Crippen LogP contribution < -0.4 is 10.1 Å². The van der Waals surface area contributed by atoms with Crippen LogP contribution in [0.15, 0.2) is 24.3 Å². The molecule has 0 unspecified atom stereocenters. The van der Waals surface area contributed by atoms with Gasteiger partial charge in [-0.15, -0.1) is 0 Å². The molecule has 0 spiro atoms. The highest BCUT2D eigenvalue weighted by Crippen LogP contribution is 2.32. The Kier molecular flexibility index (Phi) is 4.60. The number of benzene rings is 1. The van der Waals surface area contributed by atoms with Crippen molar-refractivity contribution in [2.45, 2.75) is 38.1 Å². The molecule has 1 saturated carbocycles. The lowest BCUT2D eigenvalue weighted by molar-refractivity contribution is 0.210. The van der Waals surface area contributed by atoms with Crippen molar-refractivity contribution in [1.82, 2.24) is 9.80 Å². The van der Waals surface area contributed by atoms with E-state index in [0.29, 0.717) is 12.0 Å². The second-order valence-electron chi connectivity index (χ2n) is 7.31. The Morgan fingerprint density at radius 1 is 1.12 bits per heavy atom. The van der Waals surface area contributed by atoms with Crippen molar-refractivity contribution in [3.63, 3.8) is 0 Å². The molecule has 2 aliphatic heterocycles. The van der Waals surface area contributed by atoms with Gasteiger partial charge in [0.1, 0.15) is 5.75 Å². The van der Waals surface area contributed by atoms with E-state index in [2.05, 4.69) is 10.2 Å². The molecule has 130 valence electrons. The molecule has 1 N–H and O–H groups in total. The molecule has 2 heterocycles. The van der Waals surface area contributed by atoms with Crippen molar-refractivity contribution in [3.8, 4) is 5.75 Å². The molecule has 5 nitrogen and oxygen atoms in total. The summed E-state index contributed by atoms with van der Waals surface area (Å²) in [6, 6.07) is 8.30. The van der Waals surface area contributed by atoms with E-state index in [1.807, 2.05) is 29.2 Å². The number of carbonyl (C=O) groups excluding carboxylic acids is 1. The summed E-state index contributed by atoms with van der Waals surface area (Å²) >= 11 is 0. The molecule has 1 aromatic rings. The van der Waals surface area contributed by atoms with Gasteiger partial charge in [-0.25, -0.2) is 4.79 Å². The summed E-state index contributed by atoms with van der Waals surface area (Å²) in [5.41, 5.74) is 0.785. The zero-order valence-electron chi connectivity index (χ0n) is 14.2. The highest BCUT2D eigenvalue weighted by molar-refractivity contribution is 5.91. The predicted molar refractivity (Wildman–Crippen MR) is 94.5 cm³/mol. The number of ether oxygens (including phenoxy) is 1. The summed E-state index contributed by atoms with van der Waals surface area (Å²) in [6.45, 7) is 4.83. The molecule has 0 radical (unpaired) electrons. The number of hydrogen-bond acceptors (Lipinski definition) is 3. The van der Waals surface area contributed by atoms with Crippen molar-refractivity contribution in [2.24, 2.45) is 5.92 Å². The Balaban J connectivity index is 1.34. The van der Waals surface area contributed by atoms with Crippen molar-refractivity contribution >= 4 is 11.7 Å². The Morgan fingerprint density at radius 2 is 1.92 bits per heavy atom. The number of nitrogens with zero attached hydrogens (tertiary/aromatic N) is 2. The molecule has 1 aliphatic carbocycles. The van der Waals surface area contributed by atoms with Crippen molar-refractivity contribution in [3.05, 3.63) is 24.3 Å². The lowest BCUT2D eigenvalue weighted by Gasteiger charge is -2.24. The van der Waals surface area contributed by atoms with Gasteiger partial charge in [-0.3, -0.25) is 4.90 Å². The minimum Gasteiger partial charge on any atom is -0.491 e. The number of anilines is 1. The monoisotopic (exact) mass is 329 g/mol. The van der Waals surface area contributed by atoms with Crippen LogP contribution in [0.4, 0.5) is 10.5 Å². The van der Waals surface area contributed by atoms with Crippen LogP contribution in [0.1, 0.15) is 32.1 Å². The smallest absolute Gasteiger partial charge is 0.322 e. The van der Waals surface area contributed by atoms with E-state index in [1.54, 1.807) is 0 Å². The second-order valence-corrected chi connectivity index (χ2v) is 7.31. The minimum absolute atomic E-state index is 0.000770. The van der Waals surface area contributed by atoms with Crippen LogP contribution in [-0.2, 0) is 0 Å². The highest BCUT2D eigenvalue weighted by Gasteiger charge is 2.31. The lowest BCUT2D eigenvalue weighted by atomic mass is 10.2. The number of hydrogen-bond donors (Lipinski definition) is 1. The van der Waals surface area contributed by atoms with Crippen LogP contribution in [0.2, 0.25) is 0 Å². The molecule has 2 amide bonds. The first-order valence-electron chi connectivity index (χ1n) is 9.31. The maximum Gasteiger partial charge on any atom is 0.322 e. The summed E-state index contributed by atoms with van der Waals surface area (Å²) in [6.07, 6.45) is 6.22. The first-order chi connectivity index (χ1) is 11.8. The first kappa shape index (κ1) is 15.8. The zero-order valence-corrected chi connectivity index (χ0v) is 14.2. The van der Waals surface area contributed by atoms with Crippen LogP contribution in [-0.4, -0.2) is 54.7 Å². The molecule has 24 heavy (non-hydrogen) atoms. The molecule has 4 rings (SSSR count). The predicted octanol–water partition coefficient (Wildman–Crippen LogP) is 3.18. The molecular formula is C19H27N3O2. The molecule has 0 bridgehead atoms. The Bertz CT molecular complexity index is 582. The standard InChI is InChI=1S/C19H27N3O2/c23-19(22-12-9-16(13-22)21-10-3-4-11-21)20-17-5-1-2-6-18(17)24-14-15-7-8-15/h1-2,5-6,15-16H,3-4,7-14H2,(H,20,23)/t16-/m0/s1. The Morgan fingerprint density at radius 3 is 2.71 bits per heavy atom. The molecular weight excluding hydrogens is 302 g/mol. The van der Waals surface area contributed by atoms with Gasteiger partial charge in [0, 0.05) is 19.1 Å². The summed E-state index contributed by atoms with van der Waals surface area (Å²) in [7, 11) is 0. The zero-order chi connectivity index (χ0) is 16.4. The number of carbonyl (C=O) groups is 1. The number of urea groups is 1. The Hall–Kier alpha value is -1.75. The van der Waals surface area contributed by atoms with Gasteiger partial charge >= 0.3 is 6.03 Å². The minimum atomic E-state index is -0.000770. The van der Waals surface area contributed by atoms with Gasteiger partial charge < -0.3 is 15.0 Å². The fourth-order valence-electron chi connectivity index (χ4n) is 3.71. The first-order valence-corrected chi connectivity index (χ1v) is 9.31. The van der Waals surface area contributed by atoms with Crippen molar-refractivity contribution in [1.29, 1.82) is 0 Å². The van der Waals surface area contributed by atoms with E-state index >= 15 is 0 Å². The number of amides is 2. The van der Waals surface area contributed by atoms with Gasteiger partial charge in [-0.05, 0) is 63.2 Å². The van der Waals surface area contributed by atoms with Gasteiger partial charge in [0.15, 0.2) is 0 Å². The maximum atomic E-state index is 12.6. The average Bonchev–Trinajstić information content (AvgIpc) is 3.07. The molecule has 1 atom stereocenters. The van der Waals surface area contributed by atoms with E-state index in [1.165, 1.54) is 38.8 Å². The highest BCUT2D eigenvalue weighted by atomic mass is 16.5. The van der Waals surface area contributed by atoms with E-state index < -0.39 is 0 Å². The van der Waals surface area contributed by atoms with Gasteiger partial charge in [-0.1, -0.05) is 12.1 Å². The third kappa shape index (κ3) is 3.66. The summed E-state index contributed by atoms with van der Waals surface area (Å²) in [5, 5.41) is 3.05. The van der Waals surface area contributed by atoms with E-state index in [4.69, 9.17) is 4.74 Å². The number of likely N-dealkylation sites (tertiary alicyclic amines) is 2. The maximum absolute atomic E-state index is 12.6.